The van der Waals surface area contributed by atoms with Crippen LogP contribution in [-0.2, 0) is 11.3 Å². The van der Waals surface area contributed by atoms with Gasteiger partial charge in [0.15, 0.2) is 0 Å². The van der Waals surface area contributed by atoms with Crippen molar-refractivity contribution in [3.05, 3.63) is 50.7 Å². The number of hydrogen-bond acceptors (Lipinski definition) is 6. The first-order valence-electron chi connectivity index (χ1n) is 6.83. The predicted octanol–water partition coefficient (Wildman–Crippen LogP) is 2.74. The lowest BCUT2D eigenvalue weighted by atomic mass is 10.2. The van der Waals surface area contributed by atoms with Crippen molar-refractivity contribution in [1.82, 2.24) is 4.90 Å². The minimum absolute atomic E-state index is 0.104. The van der Waals surface area contributed by atoms with Gasteiger partial charge in [0.1, 0.15) is 5.75 Å². The van der Waals surface area contributed by atoms with E-state index in [0.717, 1.165) is 4.88 Å². The molecule has 0 spiro atoms. The molecule has 0 radical (unpaired) electrons. The highest BCUT2D eigenvalue weighted by Gasteiger charge is 2.15. The minimum atomic E-state index is -0.516. The van der Waals surface area contributed by atoms with Gasteiger partial charge in [0.2, 0.25) is 5.91 Å². The number of nitro benzene ring substituents is 1. The molecule has 23 heavy (non-hydrogen) atoms. The number of amides is 1. The molecule has 122 valence electrons. The van der Waals surface area contributed by atoms with E-state index in [1.54, 1.807) is 11.3 Å². The van der Waals surface area contributed by atoms with Crippen LogP contribution in [0.5, 0.6) is 5.75 Å². The Labute approximate surface area is 137 Å². The number of benzene rings is 1. The number of hydrogen-bond donors (Lipinski definition) is 1. The van der Waals surface area contributed by atoms with E-state index in [-0.39, 0.29) is 23.8 Å². The van der Waals surface area contributed by atoms with E-state index in [1.807, 2.05) is 29.5 Å². The fourth-order valence-electron chi connectivity index (χ4n) is 2.07. The van der Waals surface area contributed by atoms with Gasteiger partial charge in [-0.2, -0.15) is 0 Å². The molecule has 8 heteroatoms. The van der Waals surface area contributed by atoms with Crippen molar-refractivity contribution < 1.29 is 14.5 Å². The number of nitro groups is 1. The molecule has 0 saturated carbocycles. The normalized spacial score (nSPS) is 10.6. The van der Waals surface area contributed by atoms with Crippen LogP contribution in [-0.4, -0.2) is 36.4 Å². The number of carbonyl (C=O) groups excluding carboxylic acids is 1. The summed E-state index contributed by atoms with van der Waals surface area (Å²) in [5.74, 6) is 0.118. The van der Waals surface area contributed by atoms with Crippen molar-refractivity contribution in [1.29, 1.82) is 0 Å². The molecule has 1 heterocycles. The van der Waals surface area contributed by atoms with E-state index in [4.69, 9.17) is 4.74 Å². The number of carbonyl (C=O) groups is 1. The van der Waals surface area contributed by atoms with Crippen LogP contribution in [0.1, 0.15) is 4.88 Å². The number of methoxy groups -OCH3 is 1. The Kier molecular flexibility index (Phi) is 5.67. The Morgan fingerprint density at radius 3 is 2.83 bits per heavy atom. The predicted molar refractivity (Wildman–Crippen MR) is 88.9 cm³/mol. The lowest BCUT2D eigenvalue weighted by Gasteiger charge is -2.16. The number of rotatable bonds is 7. The molecule has 0 aliphatic rings. The van der Waals surface area contributed by atoms with Crippen molar-refractivity contribution >= 4 is 28.6 Å². The zero-order valence-electron chi connectivity index (χ0n) is 12.8. The summed E-state index contributed by atoms with van der Waals surface area (Å²) in [5.41, 5.74) is 0.185. The van der Waals surface area contributed by atoms with Crippen LogP contribution in [0, 0.1) is 10.1 Å². The van der Waals surface area contributed by atoms with Crippen molar-refractivity contribution in [2.24, 2.45) is 0 Å². The standard InChI is InChI=1S/C15H17N3O4S/c1-17(9-12-4-3-7-23-12)10-15(19)16-13-8-11(18(20)21)5-6-14(13)22-2/h3-8H,9-10H2,1-2H3,(H,16,19). The first kappa shape index (κ1) is 16.9. The highest BCUT2D eigenvalue weighted by atomic mass is 32.1. The average molecular weight is 335 g/mol. The summed E-state index contributed by atoms with van der Waals surface area (Å²) >= 11 is 1.63. The van der Waals surface area contributed by atoms with Gasteiger partial charge in [0.25, 0.3) is 5.69 Å². The number of nitrogens with one attached hydrogen (secondary N) is 1. The van der Waals surface area contributed by atoms with Crippen LogP contribution in [0.4, 0.5) is 11.4 Å². The van der Waals surface area contributed by atoms with Crippen molar-refractivity contribution in [2.45, 2.75) is 6.54 Å². The summed E-state index contributed by atoms with van der Waals surface area (Å²) in [7, 11) is 3.28. The van der Waals surface area contributed by atoms with Gasteiger partial charge in [-0.15, -0.1) is 11.3 Å². The topological polar surface area (TPSA) is 84.7 Å². The lowest BCUT2D eigenvalue weighted by Crippen LogP contribution is -2.29. The first-order valence-corrected chi connectivity index (χ1v) is 7.70. The molecule has 0 saturated heterocycles. The molecule has 0 bridgehead atoms. The number of anilines is 1. The van der Waals surface area contributed by atoms with E-state index in [2.05, 4.69) is 5.32 Å². The van der Waals surface area contributed by atoms with Crippen LogP contribution in [0.2, 0.25) is 0 Å². The number of thiophene rings is 1. The van der Waals surface area contributed by atoms with Gasteiger partial charge in [-0.25, -0.2) is 0 Å². The molecule has 1 N–H and O–H groups in total. The van der Waals surface area contributed by atoms with Gasteiger partial charge >= 0.3 is 0 Å². The number of likely N-dealkylation sites (N-methyl/N-ethyl adjacent to an activating group) is 1. The third-order valence-corrected chi connectivity index (χ3v) is 3.95. The van der Waals surface area contributed by atoms with Crippen LogP contribution >= 0.6 is 11.3 Å². The third-order valence-electron chi connectivity index (χ3n) is 3.09. The minimum Gasteiger partial charge on any atom is -0.495 e. The maximum absolute atomic E-state index is 12.1. The zero-order chi connectivity index (χ0) is 16.8. The SMILES string of the molecule is COc1ccc([N+](=O)[O-])cc1NC(=O)CN(C)Cc1cccs1. The summed E-state index contributed by atoms with van der Waals surface area (Å²) in [5, 5.41) is 15.5. The highest BCUT2D eigenvalue weighted by Crippen LogP contribution is 2.28. The summed E-state index contributed by atoms with van der Waals surface area (Å²) < 4.78 is 5.12. The molecule has 7 nitrogen and oxygen atoms in total. The molecule has 0 fully saturated rings. The van der Waals surface area contributed by atoms with Crippen molar-refractivity contribution in [3.63, 3.8) is 0 Å². The Balaban J connectivity index is 2.01. The molecule has 1 aromatic heterocycles. The monoisotopic (exact) mass is 335 g/mol. The van der Waals surface area contributed by atoms with Gasteiger partial charge in [-0.05, 0) is 24.6 Å². The number of ether oxygens (including phenoxy) is 1. The summed E-state index contributed by atoms with van der Waals surface area (Å²) in [6, 6.07) is 8.04. The summed E-state index contributed by atoms with van der Waals surface area (Å²) in [6.45, 7) is 0.834. The Bertz CT molecular complexity index is 688. The second kappa shape index (κ2) is 7.70. The Morgan fingerprint density at radius 2 is 2.22 bits per heavy atom. The molecule has 0 aliphatic carbocycles. The second-order valence-corrected chi connectivity index (χ2v) is 5.97. The molecule has 0 unspecified atom stereocenters. The van der Waals surface area contributed by atoms with E-state index in [9.17, 15) is 14.9 Å². The first-order chi connectivity index (χ1) is 11.0. The van der Waals surface area contributed by atoms with E-state index in [1.165, 1.54) is 25.3 Å². The fraction of sp³-hybridized carbons (Fsp3) is 0.267. The van der Waals surface area contributed by atoms with Crippen LogP contribution in [0.25, 0.3) is 0 Å². The van der Waals surface area contributed by atoms with Gasteiger partial charge in [0, 0.05) is 23.6 Å². The fourth-order valence-corrected chi connectivity index (χ4v) is 2.85. The molecule has 1 amide bonds. The van der Waals surface area contributed by atoms with E-state index in [0.29, 0.717) is 12.3 Å². The second-order valence-electron chi connectivity index (χ2n) is 4.94. The van der Waals surface area contributed by atoms with Gasteiger partial charge < -0.3 is 10.1 Å². The third kappa shape index (κ3) is 4.76. The lowest BCUT2D eigenvalue weighted by molar-refractivity contribution is -0.384. The van der Waals surface area contributed by atoms with Gasteiger partial charge in [-0.1, -0.05) is 6.07 Å². The highest BCUT2D eigenvalue weighted by molar-refractivity contribution is 7.09. The zero-order valence-corrected chi connectivity index (χ0v) is 13.6. The quantitative estimate of drug-likeness (QED) is 0.621. The summed E-state index contributed by atoms with van der Waals surface area (Å²) in [6.07, 6.45) is 0. The molecule has 1 aromatic carbocycles. The van der Waals surface area contributed by atoms with E-state index < -0.39 is 4.92 Å². The Hall–Kier alpha value is -2.45. The number of nitrogens with zero attached hydrogens (tertiary/aromatic N) is 2. The maximum atomic E-state index is 12.1. The largest absolute Gasteiger partial charge is 0.495 e. The van der Waals surface area contributed by atoms with Crippen molar-refractivity contribution in [3.8, 4) is 5.75 Å². The van der Waals surface area contributed by atoms with Crippen LogP contribution < -0.4 is 10.1 Å². The number of non-ortho nitro benzene ring substituents is 1. The molecule has 0 aliphatic heterocycles. The van der Waals surface area contributed by atoms with Crippen LogP contribution in [0.15, 0.2) is 35.7 Å². The molecule has 2 rings (SSSR count). The molecule has 2 aromatic rings. The van der Waals surface area contributed by atoms with Gasteiger partial charge in [-0.3, -0.25) is 19.8 Å². The van der Waals surface area contributed by atoms with Crippen molar-refractivity contribution in [2.75, 3.05) is 26.0 Å². The van der Waals surface area contributed by atoms with Crippen LogP contribution in [0.3, 0.4) is 0 Å². The summed E-state index contributed by atoms with van der Waals surface area (Å²) in [4.78, 5) is 25.5. The van der Waals surface area contributed by atoms with Gasteiger partial charge in [0.05, 0.1) is 24.3 Å². The smallest absolute Gasteiger partial charge is 0.271 e. The molecular formula is C15H17N3O4S. The van der Waals surface area contributed by atoms with E-state index >= 15 is 0 Å². The maximum Gasteiger partial charge on any atom is 0.271 e. The Morgan fingerprint density at radius 1 is 1.43 bits per heavy atom. The average Bonchev–Trinajstić information content (AvgIpc) is 2.99. The molecule has 0 atom stereocenters. The molecular weight excluding hydrogens is 318 g/mol.